The van der Waals surface area contributed by atoms with Crippen LogP contribution in [-0.4, -0.2) is 21.9 Å². The molecule has 4 heteroatoms. The van der Waals surface area contributed by atoms with Crippen molar-refractivity contribution in [3.8, 4) is 0 Å². The Balaban J connectivity index is 2.43. The number of carbonyl (C=O) groups is 2. The summed E-state index contributed by atoms with van der Waals surface area (Å²) in [4.78, 5) is 23.8. The molecule has 0 saturated heterocycles. The Morgan fingerprint density at radius 3 is 2.71 bits per heavy atom. The number of hydrogen-bond acceptors (Lipinski definition) is 2. The second-order valence-corrected chi connectivity index (χ2v) is 3.98. The predicted molar refractivity (Wildman–Crippen MR) is 63.0 cm³/mol. The first-order valence-electron chi connectivity index (χ1n) is 5.37. The summed E-state index contributed by atoms with van der Waals surface area (Å²) in [7, 11) is 0. The van der Waals surface area contributed by atoms with Gasteiger partial charge in [0.2, 0.25) is 5.91 Å². The lowest BCUT2D eigenvalue weighted by molar-refractivity contribution is -0.139. The third-order valence-electron chi connectivity index (χ3n) is 2.84. The minimum atomic E-state index is -0.911. The Morgan fingerprint density at radius 1 is 1.35 bits per heavy atom. The van der Waals surface area contributed by atoms with E-state index in [4.69, 9.17) is 5.11 Å². The summed E-state index contributed by atoms with van der Waals surface area (Å²) in [6, 6.07) is 7.11. The van der Waals surface area contributed by atoms with Gasteiger partial charge < -0.3 is 10.0 Å². The van der Waals surface area contributed by atoms with Crippen LogP contribution < -0.4 is 0 Å². The van der Waals surface area contributed by atoms with Gasteiger partial charge in [-0.3, -0.25) is 9.59 Å². The highest BCUT2D eigenvalue weighted by molar-refractivity contribution is 5.79. The van der Waals surface area contributed by atoms with Crippen LogP contribution in [0.5, 0.6) is 0 Å². The second kappa shape index (κ2) is 4.41. The van der Waals surface area contributed by atoms with E-state index in [1.807, 2.05) is 30.3 Å². The minimum absolute atomic E-state index is 0.0824. The summed E-state index contributed by atoms with van der Waals surface area (Å²) < 4.78 is 0. The van der Waals surface area contributed by atoms with Crippen LogP contribution in [0.2, 0.25) is 0 Å². The van der Waals surface area contributed by atoms with E-state index in [0.29, 0.717) is 0 Å². The van der Waals surface area contributed by atoms with Gasteiger partial charge in [-0.15, -0.1) is 0 Å². The van der Waals surface area contributed by atoms with E-state index in [0.717, 1.165) is 11.1 Å². The fraction of sp³-hybridized carbons (Fsp3) is 0.231. The standard InChI is InChI=1S/C13H13NO3/c1-9(15)14-7-6-10-4-2-3-5-11(10)12(14)8-13(16)17/h2-7,12H,8H2,1H3,(H,16,17)/t12-/m0/s1. The second-order valence-electron chi connectivity index (χ2n) is 3.98. The SMILES string of the molecule is CC(=O)N1C=Cc2ccccc2[C@@H]1CC(=O)O. The molecule has 17 heavy (non-hydrogen) atoms. The summed E-state index contributed by atoms with van der Waals surface area (Å²) >= 11 is 0. The number of amides is 1. The molecule has 0 unspecified atom stereocenters. The number of hydrogen-bond donors (Lipinski definition) is 1. The molecule has 0 radical (unpaired) electrons. The topological polar surface area (TPSA) is 57.6 Å². The zero-order valence-corrected chi connectivity index (χ0v) is 9.46. The first-order valence-corrected chi connectivity index (χ1v) is 5.37. The Labute approximate surface area is 99.2 Å². The molecule has 1 heterocycles. The van der Waals surface area contributed by atoms with Crippen LogP contribution >= 0.6 is 0 Å². The van der Waals surface area contributed by atoms with E-state index in [2.05, 4.69) is 0 Å². The van der Waals surface area contributed by atoms with Gasteiger partial charge in [-0.2, -0.15) is 0 Å². The van der Waals surface area contributed by atoms with E-state index in [1.165, 1.54) is 11.8 Å². The van der Waals surface area contributed by atoms with Crippen molar-refractivity contribution in [2.24, 2.45) is 0 Å². The molecule has 1 aromatic carbocycles. The summed E-state index contributed by atoms with van der Waals surface area (Å²) in [6.07, 6.45) is 3.40. The van der Waals surface area contributed by atoms with Crippen LogP contribution in [0.3, 0.4) is 0 Å². The fourth-order valence-electron chi connectivity index (χ4n) is 2.08. The highest BCUT2D eigenvalue weighted by atomic mass is 16.4. The molecule has 0 aliphatic carbocycles. The van der Waals surface area contributed by atoms with Gasteiger partial charge in [-0.05, 0) is 17.2 Å². The lowest BCUT2D eigenvalue weighted by Gasteiger charge is -2.31. The number of nitrogens with zero attached hydrogens (tertiary/aromatic N) is 1. The normalized spacial score (nSPS) is 17.7. The molecular weight excluding hydrogens is 218 g/mol. The van der Waals surface area contributed by atoms with E-state index in [-0.39, 0.29) is 12.3 Å². The Kier molecular flexibility index (Phi) is 2.95. The summed E-state index contributed by atoms with van der Waals surface area (Å²) in [5.74, 6) is -1.06. The maximum Gasteiger partial charge on any atom is 0.305 e. The first kappa shape index (κ1) is 11.4. The number of benzene rings is 1. The van der Waals surface area contributed by atoms with E-state index < -0.39 is 12.0 Å². The van der Waals surface area contributed by atoms with Crippen LogP contribution in [0.25, 0.3) is 6.08 Å². The molecule has 1 aromatic rings. The smallest absolute Gasteiger partial charge is 0.305 e. The number of carbonyl (C=O) groups excluding carboxylic acids is 1. The zero-order valence-electron chi connectivity index (χ0n) is 9.46. The summed E-state index contributed by atoms with van der Waals surface area (Å²) in [5, 5.41) is 8.93. The summed E-state index contributed by atoms with van der Waals surface area (Å²) in [6.45, 7) is 1.44. The van der Waals surface area contributed by atoms with Gasteiger partial charge in [0.25, 0.3) is 0 Å². The molecule has 88 valence electrons. The molecule has 0 bridgehead atoms. The van der Waals surface area contributed by atoms with Crippen molar-refractivity contribution < 1.29 is 14.7 Å². The van der Waals surface area contributed by atoms with Crippen molar-refractivity contribution in [1.82, 2.24) is 4.90 Å². The third kappa shape index (κ3) is 2.20. The third-order valence-corrected chi connectivity index (χ3v) is 2.84. The molecular formula is C13H13NO3. The molecule has 1 aliphatic rings. The maximum absolute atomic E-state index is 11.5. The average molecular weight is 231 g/mol. The van der Waals surface area contributed by atoms with Gasteiger partial charge in [0, 0.05) is 13.1 Å². The van der Waals surface area contributed by atoms with Gasteiger partial charge in [-0.1, -0.05) is 24.3 Å². The van der Waals surface area contributed by atoms with E-state index >= 15 is 0 Å². The highest BCUT2D eigenvalue weighted by Crippen LogP contribution is 2.32. The predicted octanol–water partition coefficient (Wildman–Crippen LogP) is 2.04. The van der Waals surface area contributed by atoms with Crippen molar-refractivity contribution >= 4 is 18.0 Å². The fourth-order valence-corrected chi connectivity index (χ4v) is 2.08. The van der Waals surface area contributed by atoms with Gasteiger partial charge >= 0.3 is 5.97 Å². The number of fused-ring (bicyclic) bond motifs is 1. The molecule has 1 N–H and O–H groups in total. The van der Waals surface area contributed by atoms with Gasteiger partial charge in [0.1, 0.15) is 0 Å². The lowest BCUT2D eigenvalue weighted by Crippen LogP contribution is -2.32. The minimum Gasteiger partial charge on any atom is -0.481 e. The van der Waals surface area contributed by atoms with Gasteiger partial charge in [0.05, 0.1) is 12.5 Å². The quantitative estimate of drug-likeness (QED) is 0.847. The molecule has 1 atom stereocenters. The summed E-state index contributed by atoms with van der Waals surface area (Å²) in [5.41, 5.74) is 1.85. The molecule has 4 nitrogen and oxygen atoms in total. The number of carboxylic acids is 1. The van der Waals surface area contributed by atoms with Crippen LogP contribution in [0.4, 0.5) is 0 Å². The Hall–Kier alpha value is -2.10. The van der Waals surface area contributed by atoms with Gasteiger partial charge in [0.15, 0.2) is 0 Å². The highest BCUT2D eigenvalue weighted by Gasteiger charge is 2.27. The van der Waals surface area contributed by atoms with E-state index in [1.54, 1.807) is 6.20 Å². The van der Waals surface area contributed by atoms with Crippen LogP contribution in [-0.2, 0) is 9.59 Å². The van der Waals surface area contributed by atoms with Gasteiger partial charge in [-0.25, -0.2) is 0 Å². The Bertz CT molecular complexity index is 493. The number of aliphatic carboxylic acids is 1. The Morgan fingerprint density at radius 2 is 2.06 bits per heavy atom. The van der Waals surface area contributed by atoms with Crippen molar-refractivity contribution in [3.63, 3.8) is 0 Å². The molecule has 1 aliphatic heterocycles. The molecule has 0 aromatic heterocycles. The molecule has 0 saturated carbocycles. The van der Waals surface area contributed by atoms with Crippen LogP contribution in [0, 0.1) is 0 Å². The van der Waals surface area contributed by atoms with Crippen LogP contribution in [0.1, 0.15) is 30.5 Å². The van der Waals surface area contributed by atoms with Crippen molar-refractivity contribution in [1.29, 1.82) is 0 Å². The average Bonchev–Trinajstić information content (AvgIpc) is 2.28. The first-order chi connectivity index (χ1) is 8.09. The molecule has 1 amide bonds. The largest absolute Gasteiger partial charge is 0.481 e. The van der Waals surface area contributed by atoms with Crippen molar-refractivity contribution in [3.05, 3.63) is 41.6 Å². The number of carboxylic acid groups (broad SMARTS) is 1. The monoisotopic (exact) mass is 231 g/mol. The molecule has 0 fully saturated rings. The molecule has 2 rings (SSSR count). The van der Waals surface area contributed by atoms with Crippen molar-refractivity contribution in [2.75, 3.05) is 0 Å². The molecule has 0 spiro atoms. The van der Waals surface area contributed by atoms with Crippen LogP contribution in [0.15, 0.2) is 30.5 Å². The van der Waals surface area contributed by atoms with E-state index in [9.17, 15) is 9.59 Å². The van der Waals surface area contributed by atoms with Crippen molar-refractivity contribution in [2.45, 2.75) is 19.4 Å². The lowest BCUT2D eigenvalue weighted by atomic mass is 9.94. The number of rotatable bonds is 2. The zero-order chi connectivity index (χ0) is 12.4. The maximum atomic E-state index is 11.5.